The van der Waals surface area contributed by atoms with Crippen LogP contribution in [0.2, 0.25) is 0 Å². The van der Waals surface area contributed by atoms with Gasteiger partial charge in [-0.25, -0.2) is 4.79 Å². The summed E-state index contributed by atoms with van der Waals surface area (Å²) in [7, 11) is 0. The van der Waals surface area contributed by atoms with Crippen LogP contribution in [0, 0.1) is 0 Å². The molecule has 1 unspecified atom stereocenters. The van der Waals surface area contributed by atoms with Crippen LogP contribution in [-0.2, 0) is 19.1 Å². The van der Waals surface area contributed by atoms with Gasteiger partial charge in [0.25, 0.3) is 0 Å². The Morgan fingerprint density at radius 1 is 0.688 bits per heavy atom. The van der Waals surface area contributed by atoms with E-state index in [4.69, 9.17) is 14.9 Å². The first kappa shape index (κ1) is 30.3. The Balaban J connectivity index is 3.87. The van der Waals surface area contributed by atoms with Gasteiger partial charge in [0.15, 0.2) is 5.60 Å². The molecule has 0 saturated heterocycles. The fourth-order valence-corrected chi connectivity index (χ4v) is 3.78. The monoisotopic (exact) mass is 460 g/mol. The first-order valence-corrected chi connectivity index (χ1v) is 12.2. The molecule has 4 N–H and O–H groups in total. The first-order valence-electron chi connectivity index (χ1n) is 12.2. The number of carboxylic acid groups (broad SMARTS) is 3. The number of unbranched alkanes of at least 4 members (excludes halogenated alkanes) is 13. The average Bonchev–Trinajstić information content (AvgIpc) is 2.71. The van der Waals surface area contributed by atoms with E-state index in [9.17, 15) is 24.6 Å². The number of carbonyl (C=O) groups is 3. The minimum Gasteiger partial charge on any atom is -0.481 e. The van der Waals surface area contributed by atoms with Gasteiger partial charge in [0.05, 0.1) is 25.6 Å². The number of hydrogen-bond donors (Lipinski definition) is 4. The molecule has 0 amide bonds. The lowest BCUT2D eigenvalue weighted by molar-refractivity contribution is -0.182. The van der Waals surface area contributed by atoms with Crippen molar-refractivity contribution in [3.63, 3.8) is 0 Å². The number of aliphatic hydroxyl groups is 1. The van der Waals surface area contributed by atoms with E-state index in [1.807, 2.05) is 0 Å². The predicted molar refractivity (Wildman–Crippen MR) is 122 cm³/mol. The van der Waals surface area contributed by atoms with Gasteiger partial charge >= 0.3 is 17.9 Å². The van der Waals surface area contributed by atoms with Crippen LogP contribution in [0.1, 0.15) is 116 Å². The second-order valence-electron chi connectivity index (χ2n) is 8.79. The molecule has 0 saturated carbocycles. The molecule has 188 valence electrons. The van der Waals surface area contributed by atoms with Crippen LogP contribution in [0.15, 0.2) is 0 Å². The van der Waals surface area contributed by atoms with E-state index >= 15 is 0 Å². The Kier molecular flexibility index (Phi) is 17.9. The zero-order valence-corrected chi connectivity index (χ0v) is 19.7. The molecule has 0 heterocycles. The summed E-state index contributed by atoms with van der Waals surface area (Å²) in [5.74, 6) is -4.61. The van der Waals surface area contributed by atoms with E-state index in [1.165, 1.54) is 64.2 Å². The number of rotatable bonds is 23. The molecule has 32 heavy (non-hydrogen) atoms. The molecule has 0 fully saturated rings. The van der Waals surface area contributed by atoms with Crippen LogP contribution < -0.4 is 0 Å². The van der Waals surface area contributed by atoms with Crippen molar-refractivity contribution in [1.82, 2.24) is 0 Å². The normalized spacial score (nSPS) is 12.6. The Morgan fingerprint density at radius 2 is 1.06 bits per heavy atom. The largest absolute Gasteiger partial charge is 0.481 e. The quantitative estimate of drug-likeness (QED) is 0.156. The molecule has 0 aromatic rings. The average molecular weight is 461 g/mol. The van der Waals surface area contributed by atoms with Crippen LogP contribution in [0.25, 0.3) is 0 Å². The Bertz CT molecular complexity index is 504. The summed E-state index contributed by atoms with van der Waals surface area (Å²) in [6, 6.07) is 0. The predicted octanol–water partition coefficient (Wildman–Crippen LogP) is 5.01. The molecule has 0 aromatic carbocycles. The fraction of sp³-hybridized carbons (Fsp3) is 0.875. The molecule has 0 spiro atoms. The lowest BCUT2D eigenvalue weighted by atomic mass is 9.95. The number of carboxylic acids is 3. The standard InChI is InChI=1S/C24H44O8/c1-2-3-4-5-6-7-8-9-10-11-12-13-14-15-16-20(25)19-32-24(23(30)31,17-21(26)27)18-22(28)29/h20,25H,2-19H2,1H3,(H,26,27)(H,28,29)(H,30,31). The molecule has 0 aromatic heterocycles. The molecule has 0 aliphatic heterocycles. The van der Waals surface area contributed by atoms with Gasteiger partial charge in [-0.3, -0.25) is 9.59 Å². The fourth-order valence-electron chi connectivity index (χ4n) is 3.78. The third-order valence-electron chi connectivity index (χ3n) is 5.71. The highest BCUT2D eigenvalue weighted by Crippen LogP contribution is 2.23. The first-order chi connectivity index (χ1) is 15.2. The number of ether oxygens (including phenoxy) is 1. The second kappa shape index (κ2) is 18.9. The van der Waals surface area contributed by atoms with Crippen LogP contribution in [0.4, 0.5) is 0 Å². The highest BCUT2D eigenvalue weighted by molar-refractivity contribution is 5.88. The summed E-state index contributed by atoms with van der Waals surface area (Å²) in [6.07, 6.45) is 14.5. The third-order valence-corrected chi connectivity index (χ3v) is 5.71. The van der Waals surface area contributed by atoms with Crippen LogP contribution in [0.3, 0.4) is 0 Å². The summed E-state index contributed by atoms with van der Waals surface area (Å²) in [6.45, 7) is 1.82. The molecule has 0 bridgehead atoms. The van der Waals surface area contributed by atoms with Crippen molar-refractivity contribution in [2.45, 2.75) is 128 Å². The van der Waals surface area contributed by atoms with Crippen molar-refractivity contribution < 1.29 is 39.5 Å². The van der Waals surface area contributed by atoms with Crippen molar-refractivity contribution in [3.05, 3.63) is 0 Å². The zero-order valence-electron chi connectivity index (χ0n) is 19.7. The summed E-state index contributed by atoms with van der Waals surface area (Å²) < 4.78 is 5.13. The Hall–Kier alpha value is -1.67. The minimum atomic E-state index is -2.38. The van der Waals surface area contributed by atoms with E-state index in [2.05, 4.69) is 6.92 Å². The molecule has 1 atom stereocenters. The molecular weight excluding hydrogens is 416 g/mol. The van der Waals surface area contributed by atoms with E-state index < -0.39 is 49.1 Å². The van der Waals surface area contributed by atoms with Crippen molar-refractivity contribution in [2.24, 2.45) is 0 Å². The zero-order chi connectivity index (χ0) is 24.2. The van der Waals surface area contributed by atoms with Gasteiger partial charge < -0.3 is 25.2 Å². The van der Waals surface area contributed by atoms with Crippen molar-refractivity contribution >= 4 is 17.9 Å². The van der Waals surface area contributed by atoms with Crippen LogP contribution >= 0.6 is 0 Å². The van der Waals surface area contributed by atoms with Gasteiger partial charge in [0.1, 0.15) is 0 Å². The molecule has 8 heteroatoms. The number of aliphatic hydroxyl groups excluding tert-OH is 1. The Labute approximate surface area is 192 Å². The maximum atomic E-state index is 11.5. The topological polar surface area (TPSA) is 141 Å². The SMILES string of the molecule is CCCCCCCCCCCCCCCCC(O)COC(CC(=O)O)(CC(=O)O)C(=O)O. The van der Waals surface area contributed by atoms with E-state index in [0.717, 1.165) is 25.7 Å². The molecule has 0 aliphatic rings. The third kappa shape index (κ3) is 16.0. The van der Waals surface area contributed by atoms with Gasteiger partial charge in [0.2, 0.25) is 0 Å². The van der Waals surface area contributed by atoms with Gasteiger partial charge in [0, 0.05) is 0 Å². The highest BCUT2D eigenvalue weighted by Gasteiger charge is 2.44. The highest BCUT2D eigenvalue weighted by atomic mass is 16.5. The Morgan fingerprint density at radius 3 is 1.41 bits per heavy atom. The molecule has 0 radical (unpaired) electrons. The van der Waals surface area contributed by atoms with Crippen molar-refractivity contribution in [2.75, 3.05) is 6.61 Å². The van der Waals surface area contributed by atoms with Crippen molar-refractivity contribution in [3.8, 4) is 0 Å². The second-order valence-corrected chi connectivity index (χ2v) is 8.79. The molecular formula is C24H44O8. The lowest BCUT2D eigenvalue weighted by Gasteiger charge is -2.27. The van der Waals surface area contributed by atoms with E-state index in [0.29, 0.717) is 6.42 Å². The van der Waals surface area contributed by atoms with Gasteiger partial charge in [-0.15, -0.1) is 0 Å². The lowest BCUT2D eigenvalue weighted by Crippen LogP contribution is -2.47. The molecule has 0 rings (SSSR count). The van der Waals surface area contributed by atoms with E-state index in [-0.39, 0.29) is 0 Å². The maximum absolute atomic E-state index is 11.5. The van der Waals surface area contributed by atoms with Crippen LogP contribution in [0.5, 0.6) is 0 Å². The van der Waals surface area contributed by atoms with Crippen molar-refractivity contribution in [1.29, 1.82) is 0 Å². The van der Waals surface area contributed by atoms with Crippen LogP contribution in [-0.4, -0.2) is 56.6 Å². The molecule has 8 nitrogen and oxygen atoms in total. The summed E-state index contributed by atoms with van der Waals surface area (Å²) >= 11 is 0. The van der Waals surface area contributed by atoms with Gasteiger partial charge in [-0.05, 0) is 6.42 Å². The summed E-state index contributed by atoms with van der Waals surface area (Å²) in [5.41, 5.74) is -2.38. The van der Waals surface area contributed by atoms with Gasteiger partial charge in [-0.1, -0.05) is 96.8 Å². The number of aliphatic carboxylic acids is 3. The maximum Gasteiger partial charge on any atom is 0.337 e. The smallest absolute Gasteiger partial charge is 0.337 e. The molecule has 0 aliphatic carbocycles. The van der Waals surface area contributed by atoms with E-state index in [1.54, 1.807) is 0 Å². The summed E-state index contributed by atoms with van der Waals surface area (Å²) in [5, 5.41) is 37.2. The van der Waals surface area contributed by atoms with Gasteiger partial charge in [-0.2, -0.15) is 0 Å². The summed E-state index contributed by atoms with van der Waals surface area (Å²) in [4.78, 5) is 33.4. The minimum absolute atomic E-state index is 0.397. The number of hydrogen-bond acceptors (Lipinski definition) is 5.